The van der Waals surface area contributed by atoms with Gasteiger partial charge in [0.1, 0.15) is 11.5 Å². The van der Waals surface area contributed by atoms with Gasteiger partial charge >= 0.3 is 5.97 Å². The Morgan fingerprint density at radius 3 is 2.60 bits per heavy atom. The lowest BCUT2D eigenvalue weighted by atomic mass is 10.1. The number of ether oxygens (including phenoxy) is 2. The van der Waals surface area contributed by atoms with Crippen LogP contribution in [0.2, 0.25) is 0 Å². The number of nitrogens with zero attached hydrogens (tertiary/aromatic N) is 1. The number of carboxylic acids is 1. The molecule has 2 rings (SSSR count). The quantitative estimate of drug-likeness (QED) is 0.875. The Kier molecular flexibility index (Phi) is 4.55. The van der Waals surface area contributed by atoms with E-state index in [2.05, 4.69) is 4.98 Å². The molecule has 1 heterocycles. The topological polar surface area (TPSA) is 68.7 Å². The number of rotatable bonds is 6. The molecule has 104 valence electrons. The first-order valence-corrected chi connectivity index (χ1v) is 6.13. The molecular weight excluding hydrogens is 258 g/mol. The molecule has 0 fully saturated rings. The molecular formula is C15H15NO4. The summed E-state index contributed by atoms with van der Waals surface area (Å²) in [5.41, 5.74) is 1.24. The molecule has 0 amide bonds. The van der Waals surface area contributed by atoms with Crippen molar-refractivity contribution in [2.75, 3.05) is 13.7 Å². The van der Waals surface area contributed by atoms with Gasteiger partial charge in [0, 0.05) is 12.6 Å². The smallest absolute Gasteiger partial charge is 0.337 e. The Morgan fingerprint density at radius 2 is 1.95 bits per heavy atom. The molecule has 0 radical (unpaired) electrons. The van der Waals surface area contributed by atoms with E-state index in [1.165, 1.54) is 18.5 Å². The van der Waals surface area contributed by atoms with E-state index in [0.29, 0.717) is 12.4 Å². The van der Waals surface area contributed by atoms with E-state index >= 15 is 0 Å². The Labute approximate surface area is 116 Å². The summed E-state index contributed by atoms with van der Waals surface area (Å²) in [4.78, 5) is 14.6. The lowest BCUT2D eigenvalue weighted by molar-refractivity contribution is 0.0696. The number of carbonyl (C=O) groups is 1. The van der Waals surface area contributed by atoms with Gasteiger partial charge in [-0.2, -0.15) is 0 Å². The van der Waals surface area contributed by atoms with Gasteiger partial charge in [-0.3, -0.25) is 4.98 Å². The molecule has 5 nitrogen and oxygen atoms in total. The summed E-state index contributed by atoms with van der Waals surface area (Å²) in [6.45, 7) is 0.455. The molecule has 2 aromatic rings. The maximum absolute atomic E-state index is 10.8. The largest absolute Gasteiger partial charge is 0.497 e. The van der Waals surface area contributed by atoms with Crippen LogP contribution in [0.4, 0.5) is 0 Å². The number of pyridine rings is 1. The van der Waals surface area contributed by atoms with Gasteiger partial charge in [0.15, 0.2) is 0 Å². The second-order valence-electron chi connectivity index (χ2n) is 4.16. The zero-order valence-electron chi connectivity index (χ0n) is 11.1. The van der Waals surface area contributed by atoms with Gasteiger partial charge < -0.3 is 14.6 Å². The van der Waals surface area contributed by atoms with Crippen LogP contribution in [-0.2, 0) is 6.42 Å². The first kappa shape index (κ1) is 13.9. The van der Waals surface area contributed by atoms with Crippen LogP contribution in [-0.4, -0.2) is 29.8 Å². The highest BCUT2D eigenvalue weighted by molar-refractivity contribution is 5.87. The Bertz CT molecular complexity index is 581. The van der Waals surface area contributed by atoms with Crippen molar-refractivity contribution in [1.82, 2.24) is 4.98 Å². The summed E-state index contributed by atoms with van der Waals surface area (Å²) >= 11 is 0. The van der Waals surface area contributed by atoms with Crippen LogP contribution in [0.25, 0.3) is 0 Å². The predicted octanol–water partition coefficient (Wildman–Crippen LogP) is 2.41. The van der Waals surface area contributed by atoms with Crippen molar-refractivity contribution in [2.45, 2.75) is 6.42 Å². The van der Waals surface area contributed by atoms with Crippen molar-refractivity contribution in [3.05, 3.63) is 53.9 Å². The normalized spacial score (nSPS) is 10.1. The second-order valence-corrected chi connectivity index (χ2v) is 4.16. The van der Waals surface area contributed by atoms with Crippen molar-refractivity contribution in [1.29, 1.82) is 0 Å². The number of hydrogen-bond donors (Lipinski definition) is 1. The number of methoxy groups -OCH3 is 1. The van der Waals surface area contributed by atoms with Gasteiger partial charge in [-0.05, 0) is 23.8 Å². The summed E-state index contributed by atoms with van der Waals surface area (Å²) in [6.07, 6.45) is 3.51. The van der Waals surface area contributed by atoms with Crippen molar-refractivity contribution < 1.29 is 19.4 Å². The number of aromatic carboxylic acids is 1. The van der Waals surface area contributed by atoms with Crippen LogP contribution in [0.1, 0.15) is 15.9 Å². The fraction of sp³-hybridized carbons (Fsp3) is 0.200. The number of hydrogen-bond acceptors (Lipinski definition) is 4. The van der Waals surface area contributed by atoms with Gasteiger partial charge in [0.2, 0.25) is 0 Å². The summed E-state index contributed by atoms with van der Waals surface area (Å²) in [5.74, 6) is 0.254. The second kappa shape index (κ2) is 6.56. The highest BCUT2D eigenvalue weighted by atomic mass is 16.5. The summed E-state index contributed by atoms with van der Waals surface area (Å²) < 4.78 is 10.6. The van der Waals surface area contributed by atoms with Gasteiger partial charge in [-0.15, -0.1) is 0 Å². The van der Waals surface area contributed by atoms with Crippen LogP contribution in [0.5, 0.6) is 11.5 Å². The molecule has 0 bridgehead atoms. The zero-order valence-corrected chi connectivity index (χ0v) is 11.1. The first-order valence-electron chi connectivity index (χ1n) is 6.13. The predicted molar refractivity (Wildman–Crippen MR) is 73.4 cm³/mol. The van der Waals surface area contributed by atoms with Gasteiger partial charge in [0.25, 0.3) is 0 Å². The molecule has 1 aromatic carbocycles. The van der Waals surface area contributed by atoms with E-state index in [1.54, 1.807) is 7.11 Å². The number of aromatic nitrogens is 1. The lowest BCUT2D eigenvalue weighted by Gasteiger charge is -2.07. The van der Waals surface area contributed by atoms with Gasteiger partial charge in [-0.1, -0.05) is 12.1 Å². The average Bonchev–Trinajstić information content (AvgIpc) is 2.48. The average molecular weight is 273 g/mol. The Morgan fingerprint density at radius 1 is 1.20 bits per heavy atom. The minimum Gasteiger partial charge on any atom is -0.497 e. The SMILES string of the molecule is COc1ccc(CCOc2cncc(C(=O)O)c2)cc1. The third-order valence-corrected chi connectivity index (χ3v) is 2.78. The van der Waals surface area contributed by atoms with Gasteiger partial charge in [-0.25, -0.2) is 4.79 Å². The van der Waals surface area contributed by atoms with Crippen LogP contribution in [0.15, 0.2) is 42.7 Å². The Balaban J connectivity index is 1.88. The number of carboxylic acid groups (broad SMARTS) is 1. The molecule has 0 aliphatic carbocycles. The molecule has 0 spiro atoms. The van der Waals surface area contributed by atoms with Crippen molar-refractivity contribution >= 4 is 5.97 Å². The highest BCUT2D eigenvalue weighted by Crippen LogP contribution is 2.14. The molecule has 0 unspecified atom stereocenters. The third kappa shape index (κ3) is 3.71. The van der Waals surface area contributed by atoms with E-state index < -0.39 is 5.97 Å². The zero-order chi connectivity index (χ0) is 14.4. The minimum atomic E-state index is -1.02. The highest BCUT2D eigenvalue weighted by Gasteiger charge is 2.04. The maximum atomic E-state index is 10.8. The molecule has 20 heavy (non-hydrogen) atoms. The fourth-order valence-corrected chi connectivity index (χ4v) is 1.69. The minimum absolute atomic E-state index is 0.118. The van der Waals surface area contributed by atoms with Crippen LogP contribution in [0.3, 0.4) is 0 Å². The molecule has 0 saturated heterocycles. The van der Waals surface area contributed by atoms with E-state index in [1.807, 2.05) is 24.3 Å². The van der Waals surface area contributed by atoms with Crippen molar-refractivity contribution in [3.8, 4) is 11.5 Å². The molecule has 0 aliphatic heterocycles. The van der Waals surface area contributed by atoms with Crippen LogP contribution in [0, 0.1) is 0 Å². The molecule has 0 aliphatic rings. The van der Waals surface area contributed by atoms with Crippen molar-refractivity contribution in [3.63, 3.8) is 0 Å². The van der Waals surface area contributed by atoms with Crippen LogP contribution < -0.4 is 9.47 Å². The lowest BCUT2D eigenvalue weighted by Crippen LogP contribution is -2.03. The summed E-state index contributed by atoms with van der Waals surface area (Å²) in [6, 6.07) is 9.18. The van der Waals surface area contributed by atoms with Crippen molar-refractivity contribution in [2.24, 2.45) is 0 Å². The third-order valence-electron chi connectivity index (χ3n) is 2.78. The maximum Gasteiger partial charge on any atom is 0.337 e. The van der Waals surface area contributed by atoms with E-state index in [4.69, 9.17) is 14.6 Å². The van der Waals surface area contributed by atoms with E-state index in [0.717, 1.165) is 17.7 Å². The molecule has 0 saturated carbocycles. The monoisotopic (exact) mass is 273 g/mol. The molecule has 5 heteroatoms. The summed E-state index contributed by atoms with van der Waals surface area (Å²) in [5, 5.41) is 8.85. The molecule has 0 atom stereocenters. The Hall–Kier alpha value is -2.56. The number of benzene rings is 1. The standard InChI is InChI=1S/C15H15NO4/c1-19-13-4-2-11(3-5-13)6-7-20-14-8-12(15(17)18)9-16-10-14/h2-5,8-10H,6-7H2,1H3,(H,17,18). The summed E-state index contributed by atoms with van der Waals surface area (Å²) in [7, 11) is 1.63. The first-order chi connectivity index (χ1) is 9.69. The van der Waals surface area contributed by atoms with Crippen LogP contribution >= 0.6 is 0 Å². The molecule has 1 N–H and O–H groups in total. The fourth-order valence-electron chi connectivity index (χ4n) is 1.69. The van der Waals surface area contributed by atoms with E-state index in [-0.39, 0.29) is 5.56 Å². The van der Waals surface area contributed by atoms with E-state index in [9.17, 15) is 4.79 Å². The molecule has 1 aromatic heterocycles. The van der Waals surface area contributed by atoms with Gasteiger partial charge in [0.05, 0.1) is 25.5 Å².